The number of nitrogens with zero attached hydrogens (tertiary/aromatic N) is 4. The number of rotatable bonds is 4. The largest absolute Gasteiger partial charge is 0.376 e. The molecule has 4 rings (SSSR count). The summed E-state index contributed by atoms with van der Waals surface area (Å²) < 4.78 is 8.03. The molecule has 3 heterocycles. The number of hydrogen-bond acceptors (Lipinski definition) is 4. The number of anilines is 1. The molecular formula is C17H21ClN4O. The van der Waals surface area contributed by atoms with Gasteiger partial charge in [-0.2, -0.15) is 0 Å². The lowest BCUT2D eigenvalue weighted by Gasteiger charge is -2.20. The minimum atomic E-state index is 0.244. The van der Waals surface area contributed by atoms with Gasteiger partial charge in [0.05, 0.1) is 17.7 Å². The Hall–Kier alpha value is -1.59. The van der Waals surface area contributed by atoms with Crippen molar-refractivity contribution in [1.29, 1.82) is 0 Å². The Morgan fingerprint density at radius 1 is 1.13 bits per heavy atom. The first-order valence-corrected chi connectivity index (χ1v) is 8.75. The third-order valence-electron chi connectivity index (χ3n) is 4.65. The van der Waals surface area contributed by atoms with Gasteiger partial charge in [-0.1, -0.05) is 23.7 Å². The summed E-state index contributed by atoms with van der Waals surface area (Å²) >= 11 is 6.39. The van der Waals surface area contributed by atoms with Crippen molar-refractivity contribution in [3.05, 3.63) is 29.3 Å². The molecule has 2 aliphatic heterocycles. The highest BCUT2D eigenvalue weighted by molar-refractivity contribution is 6.33. The van der Waals surface area contributed by atoms with E-state index in [1.807, 2.05) is 24.3 Å². The van der Waals surface area contributed by atoms with E-state index in [1.54, 1.807) is 0 Å². The molecule has 0 bridgehead atoms. The lowest BCUT2D eigenvalue weighted by atomic mass is 10.2. The van der Waals surface area contributed by atoms with Gasteiger partial charge in [-0.15, -0.1) is 10.2 Å². The van der Waals surface area contributed by atoms with Gasteiger partial charge in [0.2, 0.25) is 5.95 Å². The molecule has 2 aliphatic rings. The third kappa shape index (κ3) is 2.95. The Labute approximate surface area is 141 Å². The number of aromatic nitrogens is 3. The lowest BCUT2D eigenvalue weighted by molar-refractivity contribution is 0.0975. The van der Waals surface area contributed by atoms with E-state index >= 15 is 0 Å². The van der Waals surface area contributed by atoms with Gasteiger partial charge in [0.25, 0.3) is 0 Å². The average molecular weight is 333 g/mol. The zero-order valence-corrected chi connectivity index (χ0v) is 13.9. The molecule has 1 unspecified atom stereocenters. The minimum Gasteiger partial charge on any atom is -0.376 e. The van der Waals surface area contributed by atoms with E-state index in [1.165, 1.54) is 12.8 Å². The molecule has 0 radical (unpaired) electrons. The van der Waals surface area contributed by atoms with Crippen LogP contribution in [0.4, 0.5) is 5.95 Å². The van der Waals surface area contributed by atoms with Gasteiger partial charge in [-0.25, -0.2) is 0 Å². The van der Waals surface area contributed by atoms with Crippen LogP contribution in [-0.4, -0.2) is 40.6 Å². The lowest BCUT2D eigenvalue weighted by Crippen LogP contribution is -2.25. The van der Waals surface area contributed by atoms with Crippen LogP contribution in [0.2, 0.25) is 5.02 Å². The fourth-order valence-electron chi connectivity index (χ4n) is 3.45. The smallest absolute Gasteiger partial charge is 0.227 e. The normalized spacial score (nSPS) is 21.3. The molecule has 2 aromatic rings. The number of halogens is 1. The maximum atomic E-state index is 6.39. The summed E-state index contributed by atoms with van der Waals surface area (Å²) in [6.45, 7) is 3.74. The van der Waals surface area contributed by atoms with Gasteiger partial charge in [0.1, 0.15) is 0 Å². The molecule has 122 valence electrons. The van der Waals surface area contributed by atoms with Crippen molar-refractivity contribution < 1.29 is 4.74 Å². The van der Waals surface area contributed by atoms with Crippen LogP contribution >= 0.6 is 11.6 Å². The van der Waals surface area contributed by atoms with E-state index in [0.29, 0.717) is 5.02 Å². The van der Waals surface area contributed by atoms with Crippen LogP contribution in [0.3, 0.4) is 0 Å². The van der Waals surface area contributed by atoms with Gasteiger partial charge in [-0.05, 0) is 37.8 Å². The number of ether oxygens (including phenoxy) is 1. The van der Waals surface area contributed by atoms with E-state index in [2.05, 4.69) is 19.7 Å². The van der Waals surface area contributed by atoms with Crippen molar-refractivity contribution in [3.8, 4) is 11.4 Å². The Kier molecular flexibility index (Phi) is 4.23. The molecule has 0 aliphatic carbocycles. The van der Waals surface area contributed by atoms with Crippen molar-refractivity contribution in [2.75, 3.05) is 24.6 Å². The molecule has 5 nitrogen and oxygen atoms in total. The number of benzene rings is 1. The minimum absolute atomic E-state index is 0.244. The Morgan fingerprint density at radius 3 is 2.70 bits per heavy atom. The second-order valence-corrected chi connectivity index (χ2v) is 6.65. The van der Waals surface area contributed by atoms with Gasteiger partial charge >= 0.3 is 0 Å². The number of hydrogen-bond donors (Lipinski definition) is 0. The predicted molar refractivity (Wildman–Crippen MR) is 90.9 cm³/mol. The fraction of sp³-hybridized carbons (Fsp3) is 0.529. The summed E-state index contributed by atoms with van der Waals surface area (Å²) in [4.78, 5) is 2.32. The molecule has 2 fully saturated rings. The van der Waals surface area contributed by atoms with E-state index in [0.717, 1.165) is 56.4 Å². The van der Waals surface area contributed by atoms with Crippen LogP contribution in [-0.2, 0) is 11.3 Å². The highest BCUT2D eigenvalue weighted by Gasteiger charge is 2.26. The maximum Gasteiger partial charge on any atom is 0.227 e. The molecule has 2 saturated heterocycles. The highest BCUT2D eigenvalue weighted by Crippen LogP contribution is 2.31. The highest BCUT2D eigenvalue weighted by atomic mass is 35.5. The van der Waals surface area contributed by atoms with Crippen molar-refractivity contribution >= 4 is 17.5 Å². The Bertz CT molecular complexity index is 675. The quantitative estimate of drug-likeness (QED) is 0.861. The summed E-state index contributed by atoms with van der Waals surface area (Å²) in [5.41, 5.74) is 0.935. The van der Waals surface area contributed by atoms with E-state index < -0.39 is 0 Å². The van der Waals surface area contributed by atoms with Crippen LogP contribution in [0, 0.1) is 0 Å². The van der Waals surface area contributed by atoms with E-state index in [9.17, 15) is 0 Å². The molecule has 6 heteroatoms. The second kappa shape index (κ2) is 6.49. The van der Waals surface area contributed by atoms with Crippen LogP contribution in [0.15, 0.2) is 24.3 Å². The van der Waals surface area contributed by atoms with Gasteiger partial charge in [0, 0.05) is 25.3 Å². The molecular weight excluding hydrogens is 312 g/mol. The van der Waals surface area contributed by atoms with Crippen LogP contribution < -0.4 is 4.90 Å². The topological polar surface area (TPSA) is 43.2 Å². The summed E-state index contributed by atoms with van der Waals surface area (Å²) in [6, 6.07) is 7.83. The van der Waals surface area contributed by atoms with Crippen molar-refractivity contribution in [1.82, 2.24) is 14.8 Å². The van der Waals surface area contributed by atoms with Crippen molar-refractivity contribution in [2.24, 2.45) is 0 Å². The first-order valence-electron chi connectivity index (χ1n) is 8.37. The third-order valence-corrected chi connectivity index (χ3v) is 4.97. The fourth-order valence-corrected chi connectivity index (χ4v) is 3.67. The first-order chi connectivity index (χ1) is 11.3. The first kappa shape index (κ1) is 15.0. The summed E-state index contributed by atoms with van der Waals surface area (Å²) in [7, 11) is 0. The summed E-state index contributed by atoms with van der Waals surface area (Å²) in [6.07, 6.45) is 4.91. The monoisotopic (exact) mass is 332 g/mol. The zero-order valence-electron chi connectivity index (χ0n) is 13.1. The molecule has 0 saturated carbocycles. The maximum absolute atomic E-state index is 6.39. The molecule has 0 spiro atoms. The van der Waals surface area contributed by atoms with E-state index in [4.69, 9.17) is 16.3 Å². The molecule has 1 atom stereocenters. The average Bonchev–Trinajstić information content (AvgIpc) is 3.29. The molecule has 23 heavy (non-hydrogen) atoms. The molecule has 1 aromatic carbocycles. The predicted octanol–water partition coefficient (Wildman–Crippen LogP) is 3.38. The van der Waals surface area contributed by atoms with Gasteiger partial charge in [0.15, 0.2) is 5.82 Å². The van der Waals surface area contributed by atoms with E-state index in [-0.39, 0.29) is 6.10 Å². The molecule has 1 aromatic heterocycles. The van der Waals surface area contributed by atoms with Crippen LogP contribution in [0.25, 0.3) is 11.4 Å². The Balaban J connectivity index is 1.74. The van der Waals surface area contributed by atoms with Gasteiger partial charge in [-0.3, -0.25) is 4.57 Å². The Morgan fingerprint density at radius 2 is 1.96 bits per heavy atom. The van der Waals surface area contributed by atoms with Crippen molar-refractivity contribution in [2.45, 2.75) is 38.3 Å². The van der Waals surface area contributed by atoms with Crippen molar-refractivity contribution in [3.63, 3.8) is 0 Å². The second-order valence-electron chi connectivity index (χ2n) is 6.24. The van der Waals surface area contributed by atoms with Gasteiger partial charge < -0.3 is 9.64 Å². The van der Waals surface area contributed by atoms with Crippen LogP contribution in [0.1, 0.15) is 25.7 Å². The summed E-state index contributed by atoms with van der Waals surface area (Å²) in [5, 5.41) is 9.66. The summed E-state index contributed by atoms with van der Waals surface area (Å²) in [5.74, 6) is 1.79. The SMILES string of the molecule is Clc1ccccc1-c1nnc(N2CCCC2)n1CC1CCCO1. The standard InChI is InChI=1S/C17H21ClN4O/c18-15-8-2-1-7-14(15)16-19-20-17(21-9-3-4-10-21)22(16)12-13-6-5-11-23-13/h1-2,7-8,13H,3-6,9-12H2. The van der Waals surface area contributed by atoms with Crippen LogP contribution in [0.5, 0.6) is 0 Å². The zero-order chi connectivity index (χ0) is 15.6. The molecule has 0 N–H and O–H groups in total. The molecule has 0 amide bonds.